The number of aryl methyl sites for hydroxylation is 1. The number of para-hydroxylation sites is 1. The Morgan fingerprint density at radius 1 is 1.21 bits per heavy atom. The monoisotopic (exact) mass is 319 g/mol. The molecule has 24 heavy (non-hydrogen) atoms. The van der Waals surface area contributed by atoms with E-state index in [0.717, 1.165) is 24.9 Å². The third kappa shape index (κ3) is 2.44. The van der Waals surface area contributed by atoms with Gasteiger partial charge in [-0.05, 0) is 49.1 Å². The van der Waals surface area contributed by atoms with Gasteiger partial charge in [-0.2, -0.15) is 0 Å². The van der Waals surface area contributed by atoms with Crippen LogP contribution in [0, 0.1) is 5.92 Å². The molecule has 4 heteroatoms. The van der Waals surface area contributed by atoms with Crippen LogP contribution >= 0.6 is 0 Å². The number of nitrogen functional groups attached to an aromatic ring is 1. The van der Waals surface area contributed by atoms with E-state index in [0.29, 0.717) is 5.69 Å². The van der Waals surface area contributed by atoms with Gasteiger partial charge in [-0.1, -0.05) is 24.3 Å². The number of nitrogens with two attached hydrogens (primary N) is 1. The van der Waals surface area contributed by atoms with E-state index in [9.17, 15) is 4.79 Å². The van der Waals surface area contributed by atoms with Crippen molar-refractivity contribution in [3.63, 3.8) is 0 Å². The molecule has 4 nitrogen and oxygen atoms in total. The van der Waals surface area contributed by atoms with Gasteiger partial charge in [-0.3, -0.25) is 4.79 Å². The lowest BCUT2D eigenvalue weighted by molar-refractivity contribution is -0.120. The quantitative estimate of drug-likeness (QED) is 0.710. The highest BCUT2D eigenvalue weighted by Crippen LogP contribution is 2.34. The van der Waals surface area contributed by atoms with Crippen LogP contribution in [0.25, 0.3) is 10.9 Å². The Kier molecular flexibility index (Phi) is 3.53. The molecule has 0 bridgehead atoms. The highest BCUT2D eigenvalue weighted by atomic mass is 16.1. The van der Waals surface area contributed by atoms with E-state index in [1.165, 1.54) is 22.2 Å². The molecule has 0 spiro atoms. The molecule has 1 aromatic heterocycles. The molecule has 3 N–H and O–H groups in total. The summed E-state index contributed by atoms with van der Waals surface area (Å²) in [6.45, 7) is 0. The van der Waals surface area contributed by atoms with Gasteiger partial charge >= 0.3 is 0 Å². The largest absolute Gasteiger partial charge is 0.399 e. The molecular formula is C20H21N3O. The number of nitrogens with zero attached hydrogens (tertiary/aromatic N) is 1. The lowest BCUT2D eigenvalue weighted by atomic mass is 9.85. The average Bonchev–Trinajstić information content (AvgIpc) is 2.88. The Bertz CT molecular complexity index is 926. The molecule has 2 aromatic carbocycles. The van der Waals surface area contributed by atoms with Crippen LogP contribution < -0.4 is 11.1 Å². The second kappa shape index (κ2) is 5.71. The van der Waals surface area contributed by atoms with Crippen molar-refractivity contribution in [3.8, 4) is 0 Å². The van der Waals surface area contributed by atoms with Crippen molar-refractivity contribution in [2.75, 3.05) is 11.1 Å². The number of benzene rings is 2. The third-order valence-electron chi connectivity index (χ3n) is 5.05. The SMILES string of the molecule is Cn1c2c(c3ccccc31)CC(C(=O)Nc1cccc(N)c1)CC2. The Hall–Kier alpha value is -2.75. The van der Waals surface area contributed by atoms with Crippen molar-refractivity contribution >= 4 is 28.2 Å². The molecule has 122 valence electrons. The molecule has 0 radical (unpaired) electrons. The predicted octanol–water partition coefficient (Wildman–Crippen LogP) is 3.50. The minimum atomic E-state index is 0.00439. The predicted molar refractivity (Wildman–Crippen MR) is 97.9 cm³/mol. The van der Waals surface area contributed by atoms with Crippen LogP contribution in [-0.2, 0) is 24.7 Å². The number of anilines is 2. The second-order valence-corrected chi connectivity index (χ2v) is 6.56. The second-order valence-electron chi connectivity index (χ2n) is 6.56. The molecule has 1 aliphatic rings. The van der Waals surface area contributed by atoms with Gasteiger partial charge in [-0.15, -0.1) is 0 Å². The smallest absolute Gasteiger partial charge is 0.227 e. The van der Waals surface area contributed by atoms with Gasteiger partial charge in [0.25, 0.3) is 0 Å². The van der Waals surface area contributed by atoms with Crippen LogP contribution in [0.3, 0.4) is 0 Å². The van der Waals surface area contributed by atoms with E-state index in [-0.39, 0.29) is 11.8 Å². The Labute approximate surface area is 141 Å². The molecule has 1 heterocycles. The Balaban J connectivity index is 1.60. The summed E-state index contributed by atoms with van der Waals surface area (Å²) >= 11 is 0. The molecule has 3 aromatic rings. The average molecular weight is 319 g/mol. The summed E-state index contributed by atoms with van der Waals surface area (Å²) in [5, 5.41) is 4.29. The fraction of sp³-hybridized carbons (Fsp3) is 0.250. The molecule has 0 saturated carbocycles. The third-order valence-corrected chi connectivity index (χ3v) is 5.05. The van der Waals surface area contributed by atoms with Gasteiger partial charge in [0, 0.05) is 40.9 Å². The van der Waals surface area contributed by atoms with Gasteiger partial charge in [0.1, 0.15) is 0 Å². The van der Waals surface area contributed by atoms with E-state index in [1.54, 1.807) is 6.07 Å². The van der Waals surface area contributed by atoms with Crippen molar-refractivity contribution in [3.05, 3.63) is 59.8 Å². The lowest BCUT2D eigenvalue weighted by Crippen LogP contribution is -2.28. The normalized spacial score (nSPS) is 16.8. The molecule has 1 amide bonds. The van der Waals surface area contributed by atoms with Gasteiger partial charge in [0.05, 0.1) is 0 Å². The fourth-order valence-electron chi connectivity index (χ4n) is 3.81. The zero-order chi connectivity index (χ0) is 16.7. The van der Waals surface area contributed by atoms with Gasteiger partial charge in [0.2, 0.25) is 5.91 Å². The number of nitrogens with one attached hydrogen (secondary N) is 1. The molecule has 0 aliphatic heterocycles. The van der Waals surface area contributed by atoms with E-state index in [1.807, 2.05) is 18.2 Å². The number of carbonyl (C=O) groups excluding carboxylic acids is 1. The van der Waals surface area contributed by atoms with Crippen molar-refractivity contribution in [2.45, 2.75) is 19.3 Å². The zero-order valence-electron chi connectivity index (χ0n) is 13.8. The number of aromatic nitrogens is 1. The molecule has 1 unspecified atom stereocenters. The first-order valence-corrected chi connectivity index (χ1v) is 8.35. The summed E-state index contributed by atoms with van der Waals surface area (Å²) in [5.41, 5.74) is 11.2. The first-order chi connectivity index (χ1) is 11.6. The molecule has 0 fully saturated rings. The molecule has 0 saturated heterocycles. The van der Waals surface area contributed by atoms with Crippen LogP contribution in [0.4, 0.5) is 11.4 Å². The summed E-state index contributed by atoms with van der Waals surface area (Å²) in [6.07, 6.45) is 2.62. The Morgan fingerprint density at radius 3 is 2.88 bits per heavy atom. The first kappa shape index (κ1) is 14.8. The lowest BCUT2D eigenvalue weighted by Gasteiger charge is -2.23. The highest BCUT2D eigenvalue weighted by molar-refractivity contribution is 5.94. The van der Waals surface area contributed by atoms with E-state index < -0.39 is 0 Å². The molecule has 1 aliphatic carbocycles. The maximum Gasteiger partial charge on any atom is 0.227 e. The van der Waals surface area contributed by atoms with Crippen molar-refractivity contribution in [1.82, 2.24) is 4.57 Å². The summed E-state index contributed by atoms with van der Waals surface area (Å²) in [5.74, 6) is 0.0870. The summed E-state index contributed by atoms with van der Waals surface area (Å²) in [6, 6.07) is 15.8. The Morgan fingerprint density at radius 2 is 2.04 bits per heavy atom. The zero-order valence-corrected chi connectivity index (χ0v) is 13.8. The van der Waals surface area contributed by atoms with Gasteiger partial charge in [0.15, 0.2) is 0 Å². The molecule has 4 rings (SSSR count). The van der Waals surface area contributed by atoms with E-state index in [4.69, 9.17) is 5.73 Å². The molecule has 1 atom stereocenters. The van der Waals surface area contributed by atoms with Gasteiger partial charge in [-0.25, -0.2) is 0 Å². The number of hydrogen-bond acceptors (Lipinski definition) is 2. The summed E-state index contributed by atoms with van der Waals surface area (Å²) in [4.78, 5) is 12.7. The molecular weight excluding hydrogens is 298 g/mol. The number of rotatable bonds is 2. The number of fused-ring (bicyclic) bond motifs is 3. The highest BCUT2D eigenvalue weighted by Gasteiger charge is 2.28. The van der Waals surface area contributed by atoms with Crippen molar-refractivity contribution < 1.29 is 4.79 Å². The van der Waals surface area contributed by atoms with Crippen LogP contribution in [0.5, 0.6) is 0 Å². The minimum absolute atomic E-state index is 0.00439. The van der Waals surface area contributed by atoms with Crippen LogP contribution in [0.2, 0.25) is 0 Å². The van der Waals surface area contributed by atoms with Crippen LogP contribution in [0.1, 0.15) is 17.7 Å². The maximum absolute atomic E-state index is 12.7. The first-order valence-electron chi connectivity index (χ1n) is 8.35. The summed E-state index contributed by atoms with van der Waals surface area (Å²) in [7, 11) is 2.12. The van der Waals surface area contributed by atoms with Crippen molar-refractivity contribution in [2.24, 2.45) is 13.0 Å². The summed E-state index contributed by atoms with van der Waals surface area (Å²) < 4.78 is 2.27. The minimum Gasteiger partial charge on any atom is -0.399 e. The van der Waals surface area contributed by atoms with Crippen LogP contribution in [-0.4, -0.2) is 10.5 Å². The number of carbonyl (C=O) groups is 1. The maximum atomic E-state index is 12.7. The van der Waals surface area contributed by atoms with E-state index >= 15 is 0 Å². The van der Waals surface area contributed by atoms with E-state index in [2.05, 4.69) is 41.2 Å². The van der Waals surface area contributed by atoms with Crippen molar-refractivity contribution in [1.29, 1.82) is 0 Å². The van der Waals surface area contributed by atoms with Crippen LogP contribution in [0.15, 0.2) is 48.5 Å². The number of amides is 1. The van der Waals surface area contributed by atoms with Gasteiger partial charge < -0.3 is 15.6 Å². The fourth-order valence-corrected chi connectivity index (χ4v) is 3.81. The standard InChI is InChI=1S/C20H21N3O/c1-23-18-8-3-2-7-16(18)17-11-13(9-10-19(17)23)20(24)22-15-6-4-5-14(21)12-15/h2-8,12-13H,9-11,21H2,1H3,(H,22,24). The number of hydrogen-bond donors (Lipinski definition) is 2. The topological polar surface area (TPSA) is 60.0 Å².